The molecular formula is C15H23NO5. The van der Waals surface area contributed by atoms with E-state index in [2.05, 4.69) is 4.74 Å². The topological polar surface area (TPSA) is 79.2 Å². The van der Waals surface area contributed by atoms with Crippen molar-refractivity contribution in [3.8, 4) is 5.75 Å². The monoisotopic (exact) mass is 297 g/mol. The number of hydrogen-bond acceptors (Lipinski definition) is 6. The number of ether oxygens (including phenoxy) is 2. The minimum Gasteiger partial charge on any atom is -0.492 e. The zero-order chi connectivity index (χ0) is 15.8. The number of carbonyl (C=O) groups excluding carboxylic acids is 1. The number of likely N-dealkylation sites (N-methyl/N-ethyl adjacent to an activating group) is 1. The molecule has 1 aromatic rings. The molecule has 0 saturated heterocycles. The van der Waals surface area contributed by atoms with Crippen molar-refractivity contribution >= 4 is 5.97 Å². The van der Waals surface area contributed by atoms with Gasteiger partial charge in [0.25, 0.3) is 0 Å². The van der Waals surface area contributed by atoms with Crippen molar-refractivity contribution in [2.45, 2.75) is 19.1 Å². The highest BCUT2D eigenvalue weighted by Crippen LogP contribution is 2.21. The Morgan fingerprint density at radius 3 is 2.38 bits per heavy atom. The van der Waals surface area contributed by atoms with Crippen LogP contribution in [0.5, 0.6) is 5.75 Å². The van der Waals surface area contributed by atoms with Gasteiger partial charge in [0, 0.05) is 6.54 Å². The highest BCUT2D eigenvalue weighted by Gasteiger charge is 2.26. The summed E-state index contributed by atoms with van der Waals surface area (Å²) < 4.78 is 10.2. The average molecular weight is 297 g/mol. The van der Waals surface area contributed by atoms with E-state index in [1.807, 2.05) is 19.0 Å². The number of aliphatic hydroxyl groups excluding tert-OH is 2. The Bertz CT molecular complexity index is 432. The van der Waals surface area contributed by atoms with Crippen LogP contribution in [0.2, 0.25) is 0 Å². The lowest BCUT2D eigenvalue weighted by atomic mass is 10.0. The largest absolute Gasteiger partial charge is 0.492 e. The lowest BCUT2D eigenvalue weighted by molar-refractivity contribution is -0.159. The van der Waals surface area contributed by atoms with Gasteiger partial charge in [-0.3, -0.25) is 0 Å². The molecule has 0 heterocycles. The number of rotatable bonds is 8. The van der Waals surface area contributed by atoms with Gasteiger partial charge in [-0.15, -0.1) is 0 Å². The maximum atomic E-state index is 11.4. The molecular weight excluding hydrogens is 274 g/mol. The summed E-state index contributed by atoms with van der Waals surface area (Å²) in [6.45, 7) is 3.14. The number of hydrogen-bond donors (Lipinski definition) is 2. The zero-order valence-corrected chi connectivity index (χ0v) is 12.7. The van der Waals surface area contributed by atoms with Gasteiger partial charge in [0.1, 0.15) is 18.5 Å². The van der Waals surface area contributed by atoms with Crippen LogP contribution in [0.3, 0.4) is 0 Å². The molecule has 0 aliphatic heterocycles. The van der Waals surface area contributed by atoms with Crippen LogP contribution in [0.1, 0.15) is 18.6 Å². The summed E-state index contributed by atoms with van der Waals surface area (Å²) in [6.07, 6.45) is -2.91. The first-order valence-corrected chi connectivity index (χ1v) is 6.86. The summed E-state index contributed by atoms with van der Waals surface area (Å²) in [5.41, 5.74) is 0.426. The molecule has 1 rings (SSSR count). The number of carbonyl (C=O) groups is 1. The van der Waals surface area contributed by atoms with Crippen LogP contribution in [0.4, 0.5) is 0 Å². The minimum atomic E-state index is -1.59. The quantitative estimate of drug-likeness (QED) is 0.684. The molecule has 0 aromatic heterocycles. The second-order valence-electron chi connectivity index (χ2n) is 4.86. The molecule has 0 fully saturated rings. The fourth-order valence-corrected chi connectivity index (χ4v) is 1.65. The van der Waals surface area contributed by atoms with Crippen molar-refractivity contribution in [3.63, 3.8) is 0 Å². The van der Waals surface area contributed by atoms with E-state index in [1.165, 1.54) is 0 Å². The Morgan fingerprint density at radius 2 is 1.86 bits per heavy atom. The van der Waals surface area contributed by atoms with E-state index in [1.54, 1.807) is 31.2 Å². The first-order valence-electron chi connectivity index (χ1n) is 6.86. The van der Waals surface area contributed by atoms with Crippen molar-refractivity contribution < 1.29 is 24.5 Å². The third-order valence-electron chi connectivity index (χ3n) is 2.86. The Labute approximate surface area is 124 Å². The molecule has 6 heteroatoms. The van der Waals surface area contributed by atoms with Gasteiger partial charge in [-0.2, -0.15) is 0 Å². The van der Waals surface area contributed by atoms with Crippen molar-refractivity contribution in [1.29, 1.82) is 0 Å². The summed E-state index contributed by atoms with van der Waals surface area (Å²) in [5, 5.41) is 19.6. The first kappa shape index (κ1) is 17.4. The van der Waals surface area contributed by atoms with Crippen LogP contribution < -0.4 is 4.74 Å². The standard InChI is InChI=1S/C15H23NO5/c1-4-20-15(19)14(18)13(17)11-5-7-12(8-6-11)21-10-9-16(2)3/h5-8,13-14,17-18H,4,9-10H2,1-3H3. The maximum Gasteiger partial charge on any atom is 0.338 e. The fourth-order valence-electron chi connectivity index (χ4n) is 1.65. The average Bonchev–Trinajstić information content (AvgIpc) is 2.46. The van der Waals surface area contributed by atoms with E-state index in [9.17, 15) is 15.0 Å². The predicted octanol–water partition coefficient (Wildman–Crippen LogP) is 0.584. The summed E-state index contributed by atoms with van der Waals surface area (Å²) in [6, 6.07) is 6.59. The molecule has 1 aromatic carbocycles. The molecule has 0 aliphatic rings. The van der Waals surface area contributed by atoms with Crippen molar-refractivity contribution in [2.24, 2.45) is 0 Å². The van der Waals surface area contributed by atoms with Crippen molar-refractivity contribution in [3.05, 3.63) is 29.8 Å². The molecule has 0 amide bonds. The zero-order valence-electron chi connectivity index (χ0n) is 12.7. The van der Waals surface area contributed by atoms with Crippen molar-refractivity contribution in [2.75, 3.05) is 33.9 Å². The van der Waals surface area contributed by atoms with Crippen molar-refractivity contribution in [1.82, 2.24) is 4.90 Å². The fraction of sp³-hybridized carbons (Fsp3) is 0.533. The number of nitrogens with zero attached hydrogens (tertiary/aromatic N) is 1. The van der Waals surface area contributed by atoms with Gasteiger partial charge in [-0.25, -0.2) is 4.79 Å². The van der Waals surface area contributed by atoms with E-state index in [4.69, 9.17) is 4.74 Å². The summed E-state index contributed by atoms with van der Waals surface area (Å²) in [7, 11) is 3.92. The van der Waals surface area contributed by atoms with Crippen LogP contribution in [-0.4, -0.2) is 61.0 Å². The highest BCUT2D eigenvalue weighted by molar-refractivity contribution is 5.75. The molecule has 0 spiro atoms. The molecule has 118 valence electrons. The van der Waals surface area contributed by atoms with Gasteiger partial charge in [-0.05, 0) is 38.7 Å². The molecule has 21 heavy (non-hydrogen) atoms. The normalized spacial score (nSPS) is 13.8. The second kappa shape index (κ2) is 8.61. The van der Waals surface area contributed by atoms with Gasteiger partial charge in [0.15, 0.2) is 6.10 Å². The highest BCUT2D eigenvalue weighted by atomic mass is 16.5. The Kier molecular flexibility index (Phi) is 7.14. The third kappa shape index (κ3) is 5.71. The van der Waals surface area contributed by atoms with E-state index < -0.39 is 18.2 Å². The molecule has 0 bridgehead atoms. The van der Waals surface area contributed by atoms with E-state index in [0.29, 0.717) is 17.9 Å². The molecule has 2 N–H and O–H groups in total. The Balaban J connectivity index is 2.58. The molecule has 6 nitrogen and oxygen atoms in total. The lowest BCUT2D eigenvalue weighted by Gasteiger charge is -2.17. The lowest BCUT2D eigenvalue weighted by Crippen LogP contribution is -2.29. The van der Waals surface area contributed by atoms with Gasteiger partial charge in [-0.1, -0.05) is 12.1 Å². The first-order chi connectivity index (χ1) is 9.95. The maximum absolute atomic E-state index is 11.4. The van der Waals surface area contributed by atoms with Crippen LogP contribution in [-0.2, 0) is 9.53 Å². The molecule has 2 atom stereocenters. The van der Waals surface area contributed by atoms with Gasteiger partial charge < -0.3 is 24.6 Å². The van der Waals surface area contributed by atoms with Gasteiger partial charge in [0.2, 0.25) is 0 Å². The third-order valence-corrected chi connectivity index (χ3v) is 2.86. The van der Waals surface area contributed by atoms with Gasteiger partial charge in [0.05, 0.1) is 6.61 Å². The second-order valence-corrected chi connectivity index (χ2v) is 4.86. The number of aliphatic hydroxyl groups is 2. The number of benzene rings is 1. The molecule has 0 saturated carbocycles. The van der Waals surface area contributed by atoms with E-state index in [0.717, 1.165) is 6.54 Å². The predicted molar refractivity (Wildman–Crippen MR) is 78.1 cm³/mol. The SMILES string of the molecule is CCOC(=O)C(O)C(O)c1ccc(OCCN(C)C)cc1. The van der Waals surface area contributed by atoms with Crippen LogP contribution in [0.25, 0.3) is 0 Å². The molecule has 0 radical (unpaired) electrons. The molecule has 0 aliphatic carbocycles. The van der Waals surface area contributed by atoms with Crippen LogP contribution in [0, 0.1) is 0 Å². The smallest absolute Gasteiger partial charge is 0.338 e. The Hall–Kier alpha value is -1.63. The summed E-state index contributed by atoms with van der Waals surface area (Å²) >= 11 is 0. The van der Waals surface area contributed by atoms with Crippen LogP contribution in [0.15, 0.2) is 24.3 Å². The van der Waals surface area contributed by atoms with E-state index in [-0.39, 0.29) is 6.61 Å². The summed E-state index contributed by atoms with van der Waals surface area (Å²) in [5.74, 6) is -0.172. The molecule has 2 unspecified atom stereocenters. The van der Waals surface area contributed by atoms with Gasteiger partial charge >= 0.3 is 5.97 Å². The van der Waals surface area contributed by atoms with Crippen LogP contribution >= 0.6 is 0 Å². The Morgan fingerprint density at radius 1 is 1.24 bits per heavy atom. The summed E-state index contributed by atoms with van der Waals surface area (Å²) in [4.78, 5) is 13.4. The number of esters is 1. The van der Waals surface area contributed by atoms with E-state index >= 15 is 0 Å². The minimum absolute atomic E-state index is 0.154.